The number of benzene rings is 1. The lowest BCUT2D eigenvalue weighted by molar-refractivity contribution is 0.407. The predicted octanol–water partition coefficient (Wildman–Crippen LogP) is 2.00. The normalized spacial score (nSPS) is 17.3. The van der Waals surface area contributed by atoms with Crippen molar-refractivity contribution in [3.8, 4) is 0 Å². The highest BCUT2D eigenvalue weighted by Gasteiger charge is 2.28. The molecule has 3 rings (SSSR count). The molecule has 1 saturated carbocycles. The summed E-state index contributed by atoms with van der Waals surface area (Å²) >= 11 is 0. The lowest BCUT2D eigenvalue weighted by atomic mass is 9.97. The Kier molecular flexibility index (Phi) is 2.22. The second kappa shape index (κ2) is 3.72. The van der Waals surface area contributed by atoms with Crippen LogP contribution in [-0.4, -0.2) is 10.1 Å². The van der Waals surface area contributed by atoms with Crippen LogP contribution < -0.4 is 5.73 Å². The molecule has 1 aliphatic carbocycles. The molecule has 16 heavy (non-hydrogen) atoms. The lowest BCUT2D eigenvalue weighted by Crippen LogP contribution is -2.15. The van der Waals surface area contributed by atoms with Crippen molar-refractivity contribution in [1.82, 2.24) is 10.1 Å². The van der Waals surface area contributed by atoms with Gasteiger partial charge < -0.3 is 10.3 Å². The van der Waals surface area contributed by atoms with Crippen molar-refractivity contribution in [3.05, 3.63) is 47.6 Å². The zero-order valence-electron chi connectivity index (χ0n) is 8.84. The van der Waals surface area contributed by atoms with Gasteiger partial charge in [-0.2, -0.15) is 4.98 Å². The molecule has 0 spiro atoms. The van der Waals surface area contributed by atoms with E-state index in [0.717, 1.165) is 5.56 Å². The van der Waals surface area contributed by atoms with E-state index in [1.165, 1.54) is 24.8 Å². The van der Waals surface area contributed by atoms with Gasteiger partial charge in [0.2, 0.25) is 6.39 Å². The molecule has 0 aliphatic heterocycles. The van der Waals surface area contributed by atoms with Crippen molar-refractivity contribution in [1.29, 1.82) is 0 Å². The first-order chi connectivity index (χ1) is 7.86. The van der Waals surface area contributed by atoms with E-state index in [1.807, 2.05) is 6.07 Å². The van der Waals surface area contributed by atoms with Gasteiger partial charge in [-0.25, -0.2) is 0 Å². The Balaban J connectivity index is 1.99. The molecule has 0 radical (unpaired) electrons. The summed E-state index contributed by atoms with van der Waals surface area (Å²) in [5.41, 5.74) is 8.59. The minimum absolute atomic E-state index is 0.282. The van der Waals surface area contributed by atoms with Crippen LogP contribution in [0.25, 0.3) is 0 Å². The van der Waals surface area contributed by atoms with Crippen molar-refractivity contribution in [2.75, 3.05) is 0 Å². The zero-order valence-corrected chi connectivity index (χ0v) is 8.84. The van der Waals surface area contributed by atoms with Gasteiger partial charge in [0.25, 0.3) is 0 Å². The van der Waals surface area contributed by atoms with Gasteiger partial charge in [-0.1, -0.05) is 29.4 Å². The average molecular weight is 215 g/mol. The predicted molar refractivity (Wildman–Crippen MR) is 58.7 cm³/mol. The number of rotatable bonds is 3. The molecule has 4 heteroatoms. The summed E-state index contributed by atoms with van der Waals surface area (Å²) < 4.78 is 4.73. The van der Waals surface area contributed by atoms with E-state index in [0.29, 0.717) is 11.7 Å². The fourth-order valence-electron chi connectivity index (χ4n) is 2.02. The Bertz CT molecular complexity index is 477. The van der Waals surface area contributed by atoms with E-state index in [4.69, 9.17) is 10.3 Å². The van der Waals surface area contributed by atoms with Crippen LogP contribution in [0.5, 0.6) is 0 Å². The van der Waals surface area contributed by atoms with Gasteiger partial charge in [-0.05, 0) is 29.9 Å². The highest BCUT2D eigenvalue weighted by atomic mass is 16.5. The van der Waals surface area contributed by atoms with Crippen LogP contribution >= 0.6 is 0 Å². The molecule has 1 fully saturated rings. The standard InChI is InChI=1S/C12H13N3O/c13-11(12-14-7-16-15-12)10-4-2-1-3-9(10)8-5-6-8/h1-4,7-8,11H,5-6,13H2. The van der Waals surface area contributed by atoms with Gasteiger partial charge in [-0.3, -0.25) is 0 Å². The van der Waals surface area contributed by atoms with E-state index in [-0.39, 0.29) is 6.04 Å². The summed E-state index contributed by atoms with van der Waals surface area (Å²) in [6.45, 7) is 0. The van der Waals surface area contributed by atoms with Crippen molar-refractivity contribution in [2.24, 2.45) is 5.73 Å². The van der Waals surface area contributed by atoms with E-state index in [9.17, 15) is 0 Å². The Morgan fingerprint density at radius 1 is 1.31 bits per heavy atom. The summed E-state index contributed by atoms with van der Waals surface area (Å²) in [7, 11) is 0. The second-order valence-electron chi connectivity index (χ2n) is 4.17. The second-order valence-corrected chi connectivity index (χ2v) is 4.17. The van der Waals surface area contributed by atoms with Crippen LogP contribution in [0.2, 0.25) is 0 Å². The first-order valence-corrected chi connectivity index (χ1v) is 5.47. The molecule has 1 aromatic carbocycles. The maximum absolute atomic E-state index is 6.14. The van der Waals surface area contributed by atoms with Crippen molar-refractivity contribution >= 4 is 0 Å². The van der Waals surface area contributed by atoms with Crippen LogP contribution in [0.3, 0.4) is 0 Å². The summed E-state index contributed by atoms with van der Waals surface area (Å²) in [5, 5.41) is 3.80. The fraction of sp³-hybridized carbons (Fsp3) is 0.333. The molecule has 1 aliphatic rings. The molecule has 4 nitrogen and oxygen atoms in total. The first kappa shape index (κ1) is 9.54. The van der Waals surface area contributed by atoms with Gasteiger partial charge in [0.15, 0.2) is 5.82 Å². The van der Waals surface area contributed by atoms with E-state index < -0.39 is 0 Å². The minimum Gasteiger partial charge on any atom is -0.343 e. The SMILES string of the molecule is NC(c1ncon1)c1ccccc1C1CC1. The smallest absolute Gasteiger partial charge is 0.213 e. The highest BCUT2D eigenvalue weighted by molar-refractivity contribution is 5.37. The van der Waals surface area contributed by atoms with Gasteiger partial charge >= 0.3 is 0 Å². The van der Waals surface area contributed by atoms with E-state index >= 15 is 0 Å². The van der Waals surface area contributed by atoms with Gasteiger partial charge in [-0.15, -0.1) is 0 Å². The number of nitrogens with zero attached hydrogens (tertiary/aromatic N) is 2. The van der Waals surface area contributed by atoms with Crippen LogP contribution in [0.4, 0.5) is 0 Å². The van der Waals surface area contributed by atoms with Crippen LogP contribution in [0, 0.1) is 0 Å². The molecule has 0 amide bonds. The lowest BCUT2D eigenvalue weighted by Gasteiger charge is -2.12. The molecule has 2 aromatic rings. The van der Waals surface area contributed by atoms with Crippen molar-refractivity contribution in [2.45, 2.75) is 24.8 Å². The molecule has 0 saturated heterocycles. The molecule has 1 heterocycles. The quantitative estimate of drug-likeness (QED) is 0.850. The molecule has 1 aromatic heterocycles. The minimum atomic E-state index is -0.282. The molecule has 1 unspecified atom stereocenters. The first-order valence-electron chi connectivity index (χ1n) is 5.47. The largest absolute Gasteiger partial charge is 0.343 e. The van der Waals surface area contributed by atoms with E-state index in [2.05, 4.69) is 28.3 Å². The molecule has 2 N–H and O–H groups in total. The molecular weight excluding hydrogens is 202 g/mol. The average Bonchev–Trinajstić information content (AvgIpc) is 3.03. The highest BCUT2D eigenvalue weighted by Crippen LogP contribution is 2.43. The van der Waals surface area contributed by atoms with E-state index in [1.54, 1.807) is 0 Å². The summed E-state index contributed by atoms with van der Waals surface area (Å²) in [6, 6.07) is 7.97. The molecule has 0 bridgehead atoms. The summed E-state index contributed by atoms with van der Waals surface area (Å²) in [6.07, 6.45) is 3.83. The number of hydrogen-bond donors (Lipinski definition) is 1. The maximum atomic E-state index is 6.14. The van der Waals surface area contributed by atoms with Crippen LogP contribution in [0.15, 0.2) is 35.2 Å². The van der Waals surface area contributed by atoms with Gasteiger partial charge in [0, 0.05) is 0 Å². The van der Waals surface area contributed by atoms with Crippen molar-refractivity contribution < 1.29 is 4.52 Å². The molecule has 1 atom stereocenters. The topological polar surface area (TPSA) is 64.9 Å². The Labute approximate surface area is 93.5 Å². The summed E-state index contributed by atoms with van der Waals surface area (Å²) in [4.78, 5) is 4.01. The Hall–Kier alpha value is -1.68. The third kappa shape index (κ3) is 1.61. The monoisotopic (exact) mass is 215 g/mol. The summed E-state index contributed by atoms with van der Waals surface area (Å²) in [5.74, 6) is 1.22. The number of hydrogen-bond acceptors (Lipinski definition) is 4. The Morgan fingerprint density at radius 3 is 2.81 bits per heavy atom. The fourth-order valence-corrected chi connectivity index (χ4v) is 2.02. The third-order valence-electron chi connectivity index (χ3n) is 3.00. The Morgan fingerprint density at radius 2 is 2.12 bits per heavy atom. The third-order valence-corrected chi connectivity index (χ3v) is 3.00. The van der Waals surface area contributed by atoms with Gasteiger partial charge in [0.05, 0.1) is 6.04 Å². The maximum Gasteiger partial charge on any atom is 0.213 e. The zero-order chi connectivity index (χ0) is 11.0. The van der Waals surface area contributed by atoms with Crippen molar-refractivity contribution in [3.63, 3.8) is 0 Å². The number of nitrogens with two attached hydrogens (primary N) is 1. The van der Waals surface area contributed by atoms with Crippen LogP contribution in [0.1, 0.15) is 41.8 Å². The molecule has 82 valence electrons. The van der Waals surface area contributed by atoms with Crippen LogP contribution in [-0.2, 0) is 0 Å². The molecular formula is C12H13N3O. The number of aromatic nitrogens is 2. The van der Waals surface area contributed by atoms with Gasteiger partial charge in [0.1, 0.15) is 0 Å².